The average Bonchev–Trinajstić information content (AvgIpc) is 2.89. The highest BCUT2D eigenvalue weighted by molar-refractivity contribution is 8.00. The number of benzene rings is 1. The molecule has 1 rings (SSSR count). The largest absolute Gasteiger partial charge is 0.477 e. The van der Waals surface area contributed by atoms with Crippen LogP contribution in [0.4, 0.5) is 5.69 Å². The zero-order chi connectivity index (χ0) is 27.8. The number of nitro benzene ring substituents is 1. The highest BCUT2D eigenvalue weighted by Crippen LogP contribution is 2.37. The van der Waals surface area contributed by atoms with Gasteiger partial charge in [0.25, 0.3) is 5.69 Å². The summed E-state index contributed by atoms with van der Waals surface area (Å²) in [5.74, 6) is 0.470. The molecule has 0 aliphatic heterocycles. The molecule has 0 spiro atoms. The molecule has 0 saturated heterocycles. The zero-order valence-electron chi connectivity index (χ0n) is 24.1. The first-order chi connectivity index (χ1) is 18.5. The molecule has 38 heavy (non-hydrogen) atoms. The van der Waals surface area contributed by atoms with E-state index in [0.717, 1.165) is 35.7 Å². The Morgan fingerprint density at radius 2 is 1.08 bits per heavy atom. The summed E-state index contributed by atoms with van der Waals surface area (Å²) in [6.45, 7) is 4.49. The van der Waals surface area contributed by atoms with Crippen LogP contribution in [-0.2, 0) is 0 Å². The molecule has 7 heteroatoms. The van der Waals surface area contributed by atoms with Gasteiger partial charge in [0.15, 0.2) is 0 Å². The lowest BCUT2D eigenvalue weighted by Crippen LogP contribution is -2.05. The van der Waals surface area contributed by atoms with Crippen molar-refractivity contribution < 1.29 is 14.8 Å². The van der Waals surface area contributed by atoms with Crippen LogP contribution in [0, 0.1) is 10.1 Å². The molecule has 0 bridgehead atoms. The molecule has 0 radical (unpaired) electrons. The van der Waals surface area contributed by atoms with Gasteiger partial charge in [-0.25, -0.2) is 4.79 Å². The molecule has 0 aliphatic rings. The molecular weight excluding hydrogens is 514 g/mol. The standard InChI is InChI=1S/C31H53NO4S2/c1-3-5-7-9-11-13-15-17-19-21-23-37-27-25-28(31(33)34)30(32(35)36)29(26-27)38-24-22-20-18-16-14-12-10-8-6-4-2/h25-26H,3-24H2,1-2H3,(H,33,34). The van der Waals surface area contributed by atoms with E-state index >= 15 is 0 Å². The second kappa shape index (κ2) is 23.7. The number of unbranched alkanes of at least 4 members (excludes halogenated alkanes) is 18. The van der Waals surface area contributed by atoms with Crippen molar-refractivity contribution in [3.63, 3.8) is 0 Å². The van der Waals surface area contributed by atoms with Gasteiger partial charge in [-0.3, -0.25) is 10.1 Å². The molecule has 0 saturated carbocycles. The second-order valence-electron chi connectivity index (χ2n) is 10.4. The van der Waals surface area contributed by atoms with E-state index in [1.165, 1.54) is 127 Å². The minimum atomic E-state index is -1.22. The third-order valence-corrected chi connectivity index (χ3v) is 9.16. The normalized spacial score (nSPS) is 11.2. The van der Waals surface area contributed by atoms with E-state index in [-0.39, 0.29) is 11.3 Å². The molecule has 0 atom stereocenters. The van der Waals surface area contributed by atoms with Gasteiger partial charge in [-0.15, -0.1) is 23.5 Å². The topological polar surface area (TPSA) is 80.4 Å². The number of carbonyl (C=O) groups is 1. The maximum Gasteiger partial charge on any atom is 0.342 e. The third-order valence-electron chi connectivity index (χ3n) is 6.98. The first-order valence-electron chi connectivity index (χ1n) is 15.3. The fourth-order valence-electron chi connectivity index (χ4n) is 4.68. The molecule has 0 fully saturated rings. The maximum atomic E-state index is 11.8. The van der Waals surface area contributed by atoms with Crippen LogP contribution in [-0.4, -0.2) is 27.5 Å². The number of hydrogen-bond donors (Lipinski definition) is 1. The minimum absolute atomic E-state index is 0.186. The van der Waals surface area contributed by atoms with Crippen molar-refractivity contribution in [3.05, 3.63) is 27.8 Å². The Balaban J connectivity index is 2.43. The summed E-state index contributed by atoms with van der Waals surface area (Å²) >= 11 is 3.06. The summed E-state index contributed by atoms with van der Waals surface area (Å²) < 4.78 is 0. The van der Waals surface area contributed by atoms with Gasteiger partial charge in [0.2, 0.25) is 0 Å². The van der Waals surface area contributed by atoms with Crippen molar-refractivity contribution in [2.45, 2.75) is 152 Å². The molecule has 1 aromatic rings. The predicted molar refractivity (Wildman–Crippen MR) is 165 cm³/mol. The number of carboxylic acid groups (broad SMARTS) is 1. The summed E-state index contributed by atoms with van der Waals surface area (Å²) in [6, 6.07) is 3.33. The van der Waals surface area contributed by atoms with E-state index in [1.54, 1.807) is 11.8 Å². The van der Waals surface area contributed by atoms with Gasteiger partial charge in [0, 0.05) is 4.90 Å². The monoisotopic (exact) mass is 567 g/mol. The summed E-state index contributed by atoms with van der Waals surface area (Å²) in [5, 5.41) is 21.4. The summed E-state index contributed by atoms with van der Waals surface area (Å²) in [4.78, 5) is 24.4. The number of rotatable bonds is 26. The molecule has 5 nitrogen and oxygen atoms in total. The molecule has 1 aromatic carbocycles. The average molecular weight is 568 g/mol. The molecule has 0 amide bonds. The Morgan fingerprint density at radius 3 is 1.47 bits per heavy atom. The van der Waals surface area contributed by atoms with Gasteiger partial charge in [-0.2, -0.15) is 0 Å². The van der Waals surface area contributed by atoms with Gasteiger partial charge in [0.05, 0.1) is 9.82 Å². The fourth-order valence-corrected chi connectivity index (χ4v) is 6.84. The van der Waals surface area contributed by atoms with Gasteiger partial charge in [0.1, 0.15) is 5.56 Å². The lowest BCUT2D eigenvalue weighted by molar-refractivity contribution is -0.388. The molecule has 1 N–H and O–H groups in total. The van der Waals surface area contributed by atoms with E-state index in [2.05, 4.69) is 13.8 Å². The Labute approximate surface area is 240 Å². The van der Waals surface area contributed by atoms with Crippen LogP contribution in [0.3, 0.4) is 0 Å². The maximum absolute atomic E-state index is 11.8. The van der Waals surface area contributed by atoms with Gasteiger partial charge >= 0.3 is 5.97 Å². The van der Waals surface area contributed by atoms with E-state index in [0.29, 0.717) is 4.90 Å². The molecule has 0 aromatic heterocycles. The van der Waals surface area contributed by atoms with E-state index in [9.17, 15) is 20.0 Å². The SMILES string of the molecule is CCCCCCCCCCCCSc1cc(SCCCCCCCCCCCC)c([N+](=O)[O-])c(C(=O)O)c1. The number of nitrogens with zero attached hydrogens (tertiary/aromatic N) is 1. The molecule has 0 unspecified atom stereocenters. The van der Waals surface area contributed by atoms with Crippen LogP contribution in [0.5, 0.6) is 0 Å². The van der Waals surface area contributed by atoms with Crippen LogP contribution in [0.1, 0.15) is 153 Å². The molecule has 218 valence electrons. The van der Waals surface area contributed by atoms with E-state index < -0.39 is 10.9 Å². The smallest absolute Gasteiger partial charge is 0.342 e. The van der Waals surface area contributed by atoms with Gasteiger partial charge < -0.3 is 5.11 Å². The Hall–Kier alpha value is -1.21. The van der Waals surface area contributed by atoms with Crippen LogP contribution in [0.15, 0.2) is 21.9 Å². The Morgan fingerprint density at radius 1 is 0.684 bits per heavy atom. The van der Waals surface area contributed by atoms with Crippen molar-refractivity contribution in [1.29, 1.82) is 0 Å². The number of hydrogen-bond acceptors (Lipinski definition) is 5. The highest BCUT2D eigenvalue weighted by Gasteiger charge is 2.26. The zero-order valence-corrected chi connectivity index (χ0v) is 25.8. The van der Waals surface area contributed by atoms with Crippen molar-refractivity contribution in [3.8, 4) is 0 Å². The van der Waals surface area contributed by atoms with Crippen LogP contribution >= 0.6 is 23.5 Å². The summed E-state index contributed by atoms with van der Waals surface area (Å²) in [6.07, 6.45) is 25.3. The highest BCUT2D eigenvalue weighted by atomic mass is 32.2. The fraction of sp³-hybridized carbons (Fsp3) is 0.774. The third kappa shape index (κ3) is 16.7. The van der Waals surface area contributed by atoms with Crippen molar-refractivity contribution >= 4 is 35.2 Å². The molecule has 0 heterocycles. The molecule has 0 aliphatic carbocycles. The quantitative estimate of drug-likeness (QED) is 0.0519. The van der Waals surface area contributed by atoms with Crippen LogP contribution in [0.25, 0.3) is 0 Å². The van der Waals surface area contributed by atoms with Crippen molar-refractivity contribution in [2.24, 2.45) is 0 Å². The van der Waals surface area contributed by atoms with E-state index in [4.69, 9.17) is 0 Å². The summed E-state index contributed by atoms with van der Waals surface area (Å²) in [7, 11) is 0. The van der Waals surface area contributed by atoms with Gasteiger partial charge in [-0.05, 0) is 36.5 Å². The number of thioether (sulfide) groups is 2. The van der Waals surface area contributed by atoms with Gasteiger partial charge in [-0.1, -0.05) is 129 Å². The Kier molecular flexibility index (Phi) is 21.7. The van der Waals surface area contributed by atoms with Crippen LogP contribution in [0.2, 0.25) is 0 Å². The predicted octanol–water partition coefficient (Wildman–Crippen LogP) is 11.3. The lowest BCUT2D eigenvalue weighted by Gasteiger charge is -2.10. The van der Waals surface area contributed by atoms with Crippen LogP contribution < -0.4 is 0 Å². The van der Waals surface area contributed by atoms with Crippen molar-refractivity contribution in [2.75, 3.05) is 11.5 Å². The first kappa shape index (κ1) is 34.8. The number of nitro groups is 1. The van der Waals surface area contributed by atoms with Crippen molar-refractivity contribution in [1.82, 2.24) is 0 Å². The number of aromatic carboxylic acids is 1. The molecular formula is C31H53NO4S2. The number of carboxylic acids is 1. The summed E-state index contributed by atoms with van der Waals surface area (Å²) in [5.41, 5.74) is -0.438. The lowest BCUT2D eigenvalue weighted by atomic mass is 10.1. The Bertz CT molecular complexity index is 772. The van der Waals surface area contributed by atoms with E-state index in [1.807, 2.05) is 6.07 Å². The minimum Gasteiger partial charge on any atom is -0.477 e. The first-order valence-corrected chi connectivity index (χ1v) is 17.3. The second-order valence-corrected chi connectivity index (χ2v) is 12.7.